The largest absolute Gasteiger partial charge is 0.354 e. The van der Waals surface area contributed by atoms with Gasteiger partial charge in [0.1, 0.15) is 5.69 Å². The lowest BCUT2D eigenvalue weighted by Crippen LogP contribution is -2.56. The van der Waals surface area contributed by atoms with E-state index in [1.165, 1.54) is 11.3 Å². The molecule has 1 saturated carbocycles. The number of aryl methyl sites for hydroxylation is 1. The van der Waals surface area contributed by atoms with Crippen molar-refractivity contribution in [3.63, 3.8) is 0 Å². The van der Waals surface area contributed by atoms with Gasteiger partial charge in [0.15, 0.2) is 5.01 Å². The van der Waals surface area contributed by atoms with E-state index < -0.39 is 6.04 Å². The topological polar surface area (TPSA) is 109 Å². The van der Waals surface area contributed by atoms with Crippen LogP contribution in [0.5, 0.6) is 0 Å². The second kappa shape index (κ2) is 10.1. The Balaban J connectivity index is 1.35. The second-order valence-electron chi connectivity index (χ2n) is 9.66. The Bertz CT molecular complexity index is 1480. The maximum absolute atomic E-state index is 13.2. The molecule has 3 aromatic heterocycles. The van der Waals surface area contributed by atoms with E-state index in [2.05, 4.69) is 20.6 Å². The monoisotopic (exact) mass is 538 g/mol. The summed E-state index contributed by atoms with van der Waals surface area (Å²) in [5.41, 5.74) is 1.04. The highest BCUT2D eigenvalue weighted by atomic mass is 35.5. The van der Waals surface area contributed by atoms with Crippen molar-refractivity contribution >= 4 is 61.6 Å². The molecule has 0 spiro atoms. The summed E-state index contributed by atoms with van der Waals surface area (Å²) < 4.78 is 2.82. The van der Waals surface area contributed by atoms with Gasteiger partial charge in [-0.15, -0.1) is 11.3 Å². The summed E-state index contributed by atoms with van der Waals surface area (Å²) in [7, 11) is 5.36. The van der Waals surface area contributed by atoms with E-state index >= 15 is 0 Å². The molecule has 1 aliphatic rings. The van der Waals surface area contributed by atoms with Crippen LogP contribution in [0, 0.1) is 5.92 Å². The molecule has 1 aromatic carbocycles. The number of thiazole rings is 1. The molecule has 0 bridgehead atoms. The van der Waals surface area contributed by atoms with E-state index in [0.717, 1.165) is 21.0 Å². The van der Waals surface area contributed by atoms with E-state index in [-0.39, 0.29) is 35.4 Å². The quantitative estimate of drug-likeness (QED) is 0.403. The first-order chi connectivity index (χ1) is 17.7. The lowest BCUT2D eigenvalue weighted by Gasteiger charge is -2.37. The van der Waals surface area contributed by atoms with Gasteiger partial charge in [-0.1, -0.05) is 17.7 Å². The SMILES string of the molecule is CN(C)C(=O)C1CCC(NC(=O)c2cc3ccc(Cl)cc3cn2)[C@H](NC(=O)c2nc3cn(C)cc3s2)C1. The number of aromatic nitrogens is 3. The number of fused-ring (bicyclic) bond motifs is 2. The van der Waals surface area contributed by atoms with Crippen LogP contribution < -0.4 is 10.6 Å². The molecule has 0 saturated heterocycles. The Labute approximate surface area is 222 Å². The zero-order valence-corrected chi connectivity index (χ0v) is 22.3. The Morgan fingerprint density at radius 2 is 1.84 bits per heavy atom. The van der Waals surface area contributed by atoms with Gasteiger partial charge in [0.05, 0.1) is 16.3 Å². The zero-order valence-electron chi connectivity index (χ0n) is 20.7. The molecule has 3 atom stereocenters. The molecule has 37 heavy (non-hydrogen) atoms. The maximum Gasteiger partial charge on any atom is 0.280 e. The number of nitrogens with zero attached hydrogens (tertiary/aromatic N) is 4. The number of carbonyl (C=O) groups excluding carboxylic acids is 3. The lowest BCUT2D eigenvalue weighted by molar-refractivity contribution is -0.134. The van der Waals surface area contributed by atoms with Gasteiger partial charge in [-0.2, -0.15) is 0 Å². The molecule has 0 radical (unpaired) electrons. The van der Waals surface area contributed by atoms with E-state index in [0.29, 0.717) is 29.3 Å². The number of hydrogen-bond acceptors (Lipinski definition) is 6. The highest BCUT2D eigenvalue weighted by Crippen LogP contribution is 2.28. The third-order valence-corrected chi connectivity index (χ3v) is 7.95. The Kier molecular flexibility index (Phi) is 6.87. The second-order valence-corrected chi connectivity index (χ2v) is 11.1. The number of nitrogens with one attached hydrogen (secondary N) is 2. The van der Waals surface area contributed by atoms with Crippen LogP contribution in [0.3, 0.4) is 0 Å². The van der Waals surface area contributed by atoms with E-state index in [1.54, 1.807) is 43.4 Å². The summed E-state index contributed by atoms with van der Waals surface area (Å²) >= 11 is 7.37. The van der Waals surface area contributed by atoms with Crippen LogP contribution in [0.4, 0.5) is 0 Å². The number of hydrogen-bond donors (Lipinski definition) is 2. The Morgan fingerprint density at radius 3 is 2.59 bits per heavy atom. The molecule has 9 nitrogen and oxygen atoms in total. The van der Waals surface area contributed by atoms with Crippen LogP contribution in [-0.4, -0.2) is 63.3 Å². The van der Waals surface area contributed by atoms with Crippen LogP contribution in [0.15, 0.2) is 42.9 Å². The predicted molar refractivity (Wildman–Crippen MR) is 144 cm³/mol. The van der Waals surface area contributed by atoms with E-state index in [1.807, 2.05) is 30.1 Å². The third-order valence-electron chi connectivity index (χ3n) is 6.71. The summed E-state index contributed by atoms with van der Waals surface area (Å²) in [5.74, 6) is -0.876. The molecular weight excluding hydrogens is 512 g/mol. The zero-order chi connectivity index (χ0) is 26.3. The van der Waals surface area contributed by atoms with Crippen molar-refractivity contribution in [3.8, 4) is 0 Å². The van der Waals surface area contributed by atoms with Gasteiger partial charge in [0.25, 0.3) is 11.8 Å². The first-order valence-electron chi connectivity index (χ1n) is 12.0. The molecule has 3 amide bonds. The molecule has 5 rings (SSSR count). The highest BCUT2D eigenvalue weighted by Gasteiger charge is 2.37. The van der Waals surface area contributed by atoms with Gasteiger partial charge >= 0.3 is 0 Å². The first-order valence-corrected chi connectivity index (χ1v) is 13.2. The fraction of sp³-hybridized carbons (Fsp3) is 0.346. The molecule has 1 fully saturated rings. The third kappa shape index (κ3) is 5.30. The highest BCUT2D eigenvalue weighted by molar-refractivity contribution is 7.20. The van der Waals surface area contributed by atoms with Crippen LogP contribution in [0.2, 0.25) is 5.02 Å². The van der Waals surface area contributed by atoms with Gasteiger partial charge in [-0.3, -0.25) is 19.4 Å². The molecule has 3 heterocycles. The molecular formula is C26H27ClN6O3S. The van der Waals surface area contributed by atoms with Gasteiger partial charge < -0.3 is 20.1 Å². The molecule has 0 aliphatic heterocycles. The van der Waals surface area contributed by atoms with Crippen LogP contribution in [0.1, 0.15) is 39.6 Å². The molecule has 1 aliphatic carbocycles. The van der Waals surface area contributed by atoms with E-state index in [4.69, 9.17) is 11.6 Å². The van der Waals surface area contributed by atoms with Crippen molar-refractivity contribution < 1.29 is 14.4 Å². The first kappa shape index (κ1) is 25.2. The van der Waals surface area contributed by atoms with Crippen molar-refractivity contribution in [2.24, 2.45) is 13.0 Å². The van der Waals surface area contributed by atoms with Crippen LogP contribution in [-0.2, 0) is 11.8 Å². The maximum atomic E-state index is 13.2. The average Bonchev–Trinajstić information content (AvgIpc) is 3.41. The molecule has 2 N–H and O–H groups in total. The molecule has 11 heteroatoms. The molecule has 192 valence electrons. The minimum atomic E-state index is -0.437. The van der Waals surface area contributed by atoms with Crippen molar-refractivity contribution in [2.75, 3.05) is 14.1 Å². The number of pyridine rings is 1. The van der Waals surface area contributed by atoms with Gasteiger partial charge in [0, 0.05) is 62.1 Å². The fourth-order valence-electron chi connectivity index (χ4n) is 4.84. The smallest absolute Gasteiger partial charge is 0.280 e. The number of amides is 3. The number of carbonyl (C=O) groups is 3. The van der Waals surface area contributed by atoms with Crippen molar-refractivity contribution in [3.05, 3.63) is 58.6 Å². The Morgan fingerprint density at radius 1 is 1.05 bits per heavy atom. The number of rotatable bonds is 5. The summed E-state index contributed by atoms with van der Waals surface area (Å²) in [4.78, 5) is 49.4. The minimum absolute atomic E-state index is 0.0133. The summed E-state index contributed by atoms with van der Waals surface area (Å²) in [6.45, 7) is 0. The van der Waals surface area contributed by atoms with Crippen molar-refractivity contribution in [2.45, 2.75) is 31.3 Å². The van der Waals surface area contributed by atoms with E-state index in [9.17, 15) is 14.4 Å². The standard InChI is InChI=1S/C26H27ClN6O3S/c1-32(2)26(36)15-5-7-18(29-23(34)20-9-14-4-6-17(27)8-16(14)11-28-20)19(10-15)30-24(35)25-31-21-12-33(3)13-22(21)37-25/h4,6,8-9,11-13,15,18-19H,5,7,10H2,1-3H3,(H,29,34)(H,30,35)/t15?,18?,19-/m1/s1. The summed E-state index contributed by atoms with van der Waals surface area (Å²) in [6.07, 6.45) is 6.98. The lowest BCUT2D eigenvalue weighted by atomic mass is 9.81. The van der Waals surface area contributed by atoms with Crippen LogP contribution >= 0.6 is 22.9 Å². The van der Waals surface area contributed by atoms with Crippen LogP contribution in [0.25, 0.3) is 21.0 Å². The summed E-state index contributed by atoms with van der Waals surface area (Å²) in [5, 5.41) is 8.74. The van der Waals surface area contributed by atoms with Crippen molar-refractivity contribution in [1.82, 2.24) is 30.1 Å². The number of benzene rings is 1. The average molecular weight is 539 g/mol. The number of halogens is 1. The molecule has 2 unspecified atom stereocenters. The summed E-state index contributed by atoms with van der Waals surface area (Å²) in [6, 6.07) is 6.32. The molecule has 4 aromatic rings. The predicted octanol–water partition coefficient (Wildman–Crippen LogP) is 3.62. The normalized spacial score (nSPS) is 19.6. The minimum Gasteiger partial charge on any atom is -0.354 e. The van der Waals surface area contributed by atoms with Gasteiger partial charge in [-0.05, 0) is 42.8 Å². The van der Waals surface area contributed by atoms with Gasteiger partial charge in [0.2, 0.25) is 5.91 Å². The Hall–Kier alpha value is -3.50. The van der Waals surface area contributed by atoms with Crippen molar-refractivity contribution in [1.29, 1.82) is 0 Å². The van der Waals surface area contributed by atoms with Gasteiger partial charge in [-0.25, -0.2) is 4.98 Å². The fourth-order valence-corrected chi connectivity index (χ4v) is 5.95.